The van der Waals surface area contributed by atoms with Crippen molar-refractivity contribution >= 4 is 44.2 Å². The van der Waals surface area contributed by atoms with Gasteiger partial charge in [-0.1, -0.05) is 28.1 Å². The van der Waals surface area contributed by atoms with E-state index in [1.54, 1.807) is 0 Å². The van der Waals surface area contributed by atoms with Crippen LogP contribution in [0.2, 0.25) is 0 Å². The van der Waals surface area contributed by atoms with Crippen molar-refractivity contribution in [2.24, 2.45) is 0 Å². The number of rotatable bonds is 3. The zero-order valence-electron chi connectivity index (χ0n) is 9.50. The highest BCUT2D eigenvalue weighted by Gasteiger charge is 1.98. The van der Waals surface area contributed by atoms with Crippen LogP contribution in [-0.2, 0) is 6.54 Å². The van der Waals surface area contributed by atoms with Crippen molar-refractivity contribution in [2.75, 3.05) is 5.32 Å². The van der Waals surface area contributed by atoms with E-state index in [2.05, 4.69) is 93.2 Å². The summed E-state index contributed by atoms with van der Waals surface area (Å²) in [4.78, 5) is 0. The lowest BCUT2D eigenvalue weighted by Gasteiger charge is -2.08. The third-order valence-corrected chi connectivity index (χ3v) is 4.15. The van der Waals surface area contributed by atoms with E-state index in [1.807, 2.05) is 0 Å². The number of nitrogens with one attached hydrogen (secondary N) is 1. The molecule has 0 saturated carbocycles. The minimum absolute atomic E-state index is 0.847. The van der Waals surface area contributed by atoms with Crippen molar-refractivity contribution in [1.29, 1.82) is 0 Å². The average molecular weight is 402 g/mol. The molecule has 0 aliphatic carbocycles. The number of hydrogen-bond acceptors (Lipinski definition) is 1. The number of aryl methyl sites for hydroxylation is 1. The standard InChI is InChI=1S/C14H13BrIN/c1-10-2-3-11(8-14(10)15)9-17-13-6-4-12(16)5-7-13/h2-8,17H,9H2,1H3. The van der Waals surface area contributed by atoms with Crippen LogP contribution >= 0.6 is 38.5 Å². The lowest BCUT2D eigenvalue weighted by atomic mass is 10.1. The van der Waals surface area contributed by atoms with Crippen molar-refractivity contribution < 1.29 is 0 Å². The molecule has 0 aromatic heterocycles. The Morgan fingerprint density at radius 3 is 2.47 bits per heavy atom. The molecule has 0 saturated heterocycles. The molecule has 0 aliphatic rings. The molecular weight excluding hydrogens is 389 g/mol. The maximum absolute atomic E-state index is 3.55. The second kappa shape index (κ2) is 5.87. The van der Waals surface area contributed by atoms with Crippen LogP contribution in [0.1, 0.15) is 11.1 Å². The molecule has 0 fully saturated rings. The largest absolute Gasteiger partial charge is 0.381 e. The van der Waals surface area contributed by atoms with Crippen LogP contribution in [0.3, 0.4) is 0 Å². The Bertz CT molecular complexity index is 508. The first-order valence-electron chi connectivity index (χ1n) is 5.39. The molecule has 88 valence electrons. The number of benzene rings is 2. The Morgan fingerprint density at radius 2 is 1.82 bits per heavy atom. The molecule has 0 bridgehead atoms. The molecule has 0 unspecified atom stereocenters. The summed E-state index contributed by atoms with van der Waals surface area (Å²) >= 11 is 5.86. The molecule has 0 heterocycles. The summed E-state index contributed by atoms with van der Waals surface area (Å²) in [6.45, 7) is 2.94. The quantitative estimate of drug-likeness (QED) is 0.715. The molecule has 0 atom stereocenters. The Morgan fingerprint density at radius 1 is 1.12 bits per heavy atom. The SMILES string of the molecule is Cc1ccc(CNc2ccc(I)cc2)cc1Br. The lowest BCUT2D eigenvalue weighted by molar-refractivity contribution is 1.14. The van der Waals surface area contributed by atoms with Crippen molar-refractivity contribution in [2.45, 2.75) is 13.5 Å². The number of hydrogen-bond donors (Lipinski definition) is 1. The van der Waals surface area contributed by atoms with E-state index < -0.39 is 0 Å². The van der Waals surface area contributed by atoms with Gasteiger partial charge in [-0.05, 0) is 71.0 Å². The molecule has 17 heavy (non-hydrogen) atoms. The van der Waals surface area contributed by atoms with Gasteiger partial charge in [0.2, 0.25) is 0 Å². The Kier molecular flexibility index (Phi) is 4.45. The summed E-state index contributed by atoms with van der Waals surface area (Å²) in [5, 5.41) is 3.41. The van der Waals surface area contributed by atoms with Crippen LogP contribution in [0.5, 0.6) is 0 Å². The summed E-state index contributed by atoms with van der Waals surface area (Å²) in [7, 11) is 0. The second-order valence-corrected chi connectivity index (χ2v) is 6.04. The average Bonchev–Trinajstić information content (AvgIpc) is 2.33. The fraction of sp³-hybridized carbons (Fsp3) is 0.143. The fourth-order valence-corrected chi connectivity index (χ4v) is 2.30. The molecule has 1 N–H and O–H groups in total. The highest BCUT2D eigenvalue weighted by Crippen LogP contribution is 2.18. The van der Waals surface area contributed by atoms with Crippen molar-refractivity contribution in [3.05, 3.63) is 61.6 Å². The van der Waals surface area contributed by atoms with Gasteiger partial charge in [-0.3, -0.25) is 0 Å². The lowest BCUT2D eigenvalue weighted by Crippen LogP contribution is -1.99. The minimum atomic E-state index is 0.847. The van der Waals surface area contributed by atoms with Crippen molar-refractivity contribution in [3.8, 4) is 0 Å². The summed E-state index contributed by atoms with van der Waals surface area (Å²) in [6.07, 6.45) is 0. The van der Waals surface area contributed by atoms with Crippen LogP contribution < -0.4 is 5.32 Å². The van der Waals surface area contributed by atoms with Gasteiger partial charge in [-0.2, -0.15) is 0 Å². The predicted molar refractivity (Wildman–Crippen MR) is 85.4 cm³/mol. The number of anilines is 1. The molecule has 0 aliphatic heterocycles. The fourth-order valence-electron chi connectivity index (χ4n) is 1.52. The van der Waals surface area contributed by atoms with Gasteiger partial charge in [0.1, 0.15) is 0 Å². The zero-order chi connectivity index (χ0) is 12.3. The molecule has 1 nitrogen and oxygen atoms in total. The molecule has 2 aromatic carbocycles. The summed E-state index contributed by atoms with van der Waals surface area (Å²) in [5.41, 5.74) is 3.70. The minimum Gasteiger partial charge on any atom is -0.381 e. The van der Waals surface area contributed by atoms with E-state index >= 15 is 0 Å². The summed E-state index contributed by atoms with van der Waals surface area (Å²) in [6, 6.07) is 14.9. The topological polar surface area (TPSA) is 12.0 Å². The summed E-state index contributed by atoms with van der Waals surface area (Å²) < 4.78 is 2.42. The Balaban J connectivity index is 2.02. The number of halogens is 2. The second-order valence-electron chi connectivity index (χ2n) is 3.94. The van der Waals surface area contributed by atoms with E-state index in [-0.39, 0.29) is 0 Å². The maximum atomic E-state index is 3.55. The van der Waals surface area contributed by atoms with E-state index in [0.717, 1.165) is 12.2 Å². The van der Waals surface area contributed by atoms with Gasteiger partial charge in [0.05, 0.1) is 0 Å². The van der Waals surface area contributed by atoms with Gasteiger partial charge in [0.15, 0.2) is 0 Å². The van der Waals surface area contributed by atoms with Crippen LogP contribution in [0.15, 0.2) is 46.9 Å². The highest BCUT2D eigenvalue weighted by molar-refractivity contribution is 14.1. The first kappa shape index (κ1) is 12.9. The monoisotopic (exact) mass is 401 g/mol. The molecule has 0 radical (unpaired) electrons. The Labute approximate surface area is 124 Å². The molecule has 0 amide bonds. The molecule has 2 rings (SSSR count). The summed E-state index contributed by atoms with van der Waals surface area (Å²) in [5.74, 6) is 0. The molecule has 0 spiro atoms. The van der Waals surface area contributed by atoms with Crippen molar-refractivity contribution in [3.63, 3.8) is 0 Å². The predicted octanol–water partition coefficient (Wildman–Crippen LogP) is 4.97. The van der Waals surface area contributed by atoms with Gasteiger partial charge >= 0.3 is 0 Å². The first-order valence-corrected chi connectivity index (χ1v) is 7.27. The normalized spacial score (nSPS) is 10.3. The van der Waals surface area contributed by atoms with Gasteiger partial charge in [0.25, 0.3) is 0 Å². The van der Waals surface area contributed by atoms with Crippen LogP contribution in [-0.4, -0.2) is 0 Å². The van der Waals surface area contributed by atoms with Gasteiger partial charge in [0, 0.05) is 20.3 Å². The van der Waals surface area contributed by atoms with E-state index in [1.165, 1.54) is 19.2 Å². The van der Waals surface area contributed by atoms with E-state index in [4.69, 9.17) is 0 Å². The van der Waals surface area contributed by atoms with Crippen molar-refractivity contribution in [1.82, 2.24) is 0 Å². The van der Waals surface area contributed by atoms with E-state index in [0.29, 0.717) is 0 Å². The smallest absolute Gasteiger partial charge is 0.0401 e. The molecule has 2 aromatic rings. The third kappa shape index (κ3) is 3.71. The zero-order valence-corrected chi connectivity index (χ0v) is 13.2. The van der Waals surface area contributed by atoms with Gasteiger partial charge in [-0.15, -0.1) is 0 Å². The van der Waals surface area contributed by atoms with Crippen LogP contribution in [0.4, 0.5) is 5.69 Å². The van der Waals surface area contributed by atoms with Gasteiger partial charge in [-0.25, -0.2) is 0 Å². The third-order valence-electron chi connectivity index (χ3n) is 2.58. The molecule has 3 heteroatoms. The molecular formula is C14H13BrIN. The van der Waals surface area contributed by atoms with E-state index in [9.17, 15) is 0 Å². The first-order chi connectivity index (χ1) is 8.15. The van der Waals surface area contributed by atoms with Crippen LogP contribution in [0.25, 0.3) is 0 Å². The maximum Gasteiger partial charge on any atom is 0.0401 e. The highest BCUT2D eigenvalue weighted by atomic mass is 127. The Hall–Kier alpha value is -0.550. The van der Waals surface area contributed by atoms with Gasteiger partial charge < -0.3 is 5.32 Å². The van der Waals surface area contributed by atoms with Crippen LogP contribution in [0, 0.1) is 10.5 Å².